The van der Waals surface area contributed by atoms with Gasteiger partial charge in [-0.15, -0.1) is 0 Å². The lowest BCUT2D eigenvalue weighted by Gasteiger charge is -2.34. The quantitative estimate of drug-likeness (QED) is 0.884. The minimum absolute atomic E-state index is 0.544. The number of hydrogen-bond acceptors (Lipinski definition) is 3. The first-order valence-corrected chi connectivity index (χ1v) is 7.57. The Kier molecular flexibility index (Phi) is 4.04. The third-order valence-electron chi connectivity index (χ3n) is 4.46. The van der Waals surface area contributed by atoms with Crippen molar-refractivity contribution < 1.29 is 4.74 Å². The van der Waals surface area contributed by atoms with Crippen LogP contribution in [0.3, 0.4) is 0 Å². The van der Waals surface area contributed by atoms with Gasteiger partial charge in [-0.1, -0.05) is 25.1 Å². The molecule has 3 heteroatoms. The number of benzene rings is 1. The van der Waals surface area contributed by atoms with E-state index in [9.17, 15) is 0 Å². The summed E-state index contributed by atoms with van der Waals surface area (Å²) in [5.41, 5.74) is 1.38. The van der Waals surface area contributed by atoms with Gasteiger partial charge < -0.3 is 10.1 Å². The molecule has 19 heavy (non-hydrogen) atoms. The van der Waals surface area contributed by atoms with Crippen LogP contribution in [0.25, 0.3) is 0 Å². The highest BCUT2D eigenvalue weighted by Crippen LogP contribution is 2.35. The van der Waals surface area contributed by atoms with Gasteiger partial charge in [-0.05, 0) is 18.9 Å². The monoisotopic (exact) mass is 260 g/mol. The van der Waals surface area contributed by atoms with Crippen LogP contribution in [0.15, 0.2) is 24.3 Å². The van der Waals surface area contributed by atoms with E-state index in [1.807, 2.05) is 0 Å². The number of para-hydroxylation sites is 1. The highest BCUT2D eigenvalue weighted by Gasteiger charge is 2.28. The van der Waals surface area contributed by atoms with Crippen molar-refractivity contribution in [1.29, 1.82) is 0 Å². The molecular formula is C16H24N2O. The van der Waals surface area contributed by atoms with Crippen molar-refractivity contribution in [2.75, 3.05) is 26.2 Å². The van der Waals surface area contributed by atoms with Crippen molar-refractivity contribution in [3.8, 4) is 5.75 Å². The summed E-state index contributed by atoms with van der Waals surface area (Å²) >= 11 is 0. The van der Waals surface area contributed by atoms with Crippen LogP contribution >= 0.6 is 0 Å². The molecule has 2 atom stereocenters. The molecule has 104 valence electrons. The van der Waals surface area contributed by atoms with Crippen LogP contribution in [0, 0.1) is 0 Å². The fraction of sp³-hybridized carbons (Fsp3) is 0.625. The van der Waals surface area contributed by atoms with Crippen LogP contribution in [0.5, 0.6) is 5.75 Å². The van der Waals surface area contributed by atoms with E-state index >= 15 is 0 Å². The Morgan fingerprint density at radius 2 is 2.16 bits per heavy atom. The van der Waals surface area contributed by atoms with E-state index in [1.165, 1.54) is 24.9 Å². The Bertz CT molecular complexity index is 421. The van der Waals surface area contributed by atoms with E-state index in [2.05, 4.69) is 41.4 Å². The van der Waals surface area contributed by atoms with Crippen molar-refractivity contribution in [1.82, 2.24) is 10.2 Å². The largest absolute Gasteiger partial charge is 0.493 e. The highest BCUT2D eigenvalue weighted by atomic mass is 16.5. The fourth-order valence-electron chi connectivity index (χ4n) is 3.31. The van der Waals surface area contributed by atoms with Gasteiger partial charge >= 0.3 is 0 Å². The SMILES string of the molecule is CCC1CCN(C2CCOc3ccccc32)CCN1. The van der Waals surface area contributed by atoms with Crippen molar-refractivity contribution in [2.24, 2.45) is 0 Å². The van der Waals surface area contributed by atoms with E-state index in [-0.39, 0.29) is 0 Å². The van der Waals surface area contributed by atoms with Gasteiger partial charge in [-0.25, -0.2) is 0 Å². The highest BCUT2D eigenvalue weighted by molar-refractivity contribution is 5.37. The van der Waals surface area contributed by atoms with E-state index in [0.29, 0.717) is 12.1 Å². The van der Waals surface area contributed by atoms with Crippen LogP contribution in [-0.2, 0) is 0 Å². The van der Waals surface area contributed by atoms with Crippen LogP contribution < -0.4 is 10.1 Å². The maximum Gasteiger partial charge on any atom is 0.124 e. The van der Waals surface area contributed by atoms with Crippen molar-refractivity contribution in [3.05, 3.63) is 29.8 Å². The minimum Gasteiger partial charge on any atom is -0.493 e. The standard InChI is InChI=1S/C16H24N2O/c1-2-13-7-10-18(11-9-17-13)15-8-12-19-16-6-4-3-5-14(15)16/h3-6,13,15,17H,2,7-12H2,1H3. The Labute approximate surface area is 115 Å². The first kappa shape index (κ1) is 12.9. The Balaban J connectivity index is 1.76. The normalized spacial score (nSPS) is 28.3. The molecule has 1 saturated heterocycles. The maximum atomic E-state index is 5.78. The summed E-state index contributed by atoms with van der Waals surface area (Å²) in [5.74, 6) is 1.09. The first-order valence-electron chi connectivity index (χ1n) is 7.57. The summed E-state index contributed by atoms with van der Waals surface area (Å²) in [6, 6.07) is 9.77. The number of nitrogens with zero attached hydrogens (tertiary/aromatic N) is 1. The maximum absolute atomic E-state index is 5.78. The van der Waals surface area contributed by atoms with E-state index in [0.717, 1.165) is 31.9 Å². The van der Waals surface area contributed by atoms with Gasteiger partial charge in [-0.3, -0.25) is 4.90 Å². The molecule has 1 aromatic carbocycles. The number of rotatable bonds is 2. The van der Waals surface area contributed by atoms with Crippen LogP contribution in [0.4, 0.5) is 0 Å². The summed E-state index contributed by atoms with van der Waals surface area (Å²) in [4.78, 5) is 2.64. The lowest BCUT2D eigenvalue weighted by Crippen LogP contribution is -2.35. The van der Waals surface area contributed by atoms with E-state index in [4.69, 9.17) is 4.74 Å². The molecule has 0 amide bonds. The topological polar surface area (TPSA) is 24.5 Å². The number of fused-ring (bicyclic) bond motifs is 1. The minimum atomic E-state index is 0.544. The molecule has 0 aromatic heterocycles. The number of hydrogen-bond donors (Lipinski definition) is 1. The zero-order valence-electron chi connectivity index (χ0n) is 11.8. The molecule has 3 rings (SSSR count). The van der Waals surface area contributed by atoms with Gasteiger partial charge in [-0.2, -0.15) is 0 Å². The van der Waals surface area contributed by atoms with E-state index in [1.54, 1.807) is 0 Å². The van der Waals surface area contributed by atoms with Crippen molar-refractivity contribution in [2.45, 2.75) is 38.3 Å². The third-order valence-corrected chi connectivity index (χ3v) is 4.46. The lowest BCUT2D eigenvalue weighted by atomic mass is 9.98. The van der Waals surface area contributed by atoms with Crippen LogP contribution in [-0.4, -0.2) is 37.2 Å². The third kappa shape index (κ3) is 2.77. The smallest absolute Gasteiger partial charge is 0.124 e. The molecule has 2 aliphatic heterocycles. The zero-order chi connectivity index (χ0) is 13.1. The molecule has 0 saturated carbocycles. The molecule has 2 aliphatic rings. The molecule has 3 nitrogen and oxygen atoms in total. The molecule has 1 N–H and O–H groups in total. The molecule has 0 aliphatic carbocycles. The van der Waals surface area contributed by atoms with Gasteiger partial charge in [0, 0.05) is 43.7 Å². The molecular weight excluding hydrogens is 236 g/mol. The summed E-state index contributed by atoms with van der Waals surface area (Å²) in [6.07, 6.45) is 3.61. The first-order chi connectivity index (χ1) is 9.38. The second-order valence-corrected chi connectivity index (χ2v) is 5.57. The molecule has 2 heterocycles. The number of ether oxygens (including phenoxy) is 1. The van der Waals surface area contributed by atoms with Crippen LogP contribution in [0.2, 0.25) is 0 Å². The Hall–Kier alpha value is -1.06. The van der Waals surface area contributed by atoms with Crippen molar-refractivity contribution in [3.63, 3.8) is 0 Å². The Morgan fingerprint density at radius 3 is 3.05 bits per heavy atom. The second-order valence-electron chi connectivity index (χ2n) is 5.57. The van der Waals surface area contributed by atoms with Crippen molar-refractivity contribution >= 4 is 0 Å². The van der Waals surface area contributed by atoms with Gasteiger partial charge in [0.05, 0.1) is 6.61 Å². The summed E-state index contributed by atoms with van der Waals surface area (Å²) in [7, 11) is 0. The van der Waals surface area contributed by atoms with E-state index < -0.39 is 0 Å². The predicted octanol–water partition coefficient (Wildman–Crippen LogP) is 2.58. The fourth-order valence-corrected chi connectivity index (χ4v) is 3.31. The summed E-state index contributed by atoms with van der Waals surface area (Å²) in [5, 5.41) is 3.65. The second kappa shape index (κ2) is 5.93. The zero-order valence-corrected chi connectivity index (χ0v) is 11.8. The molecule has 2 unspecified atom stereocenters. The molecule has 1 fully saturated rings. The molecule has 0 bridgehead atoms. The molecule has 0 radical (unpaired) electrons. The van der Waals surface area contributed by atoms with Gasteiger partial charge in [0.2, 0.25) is 0 Å². The predicted molar refractivity (Wildman–Crippen MR) is 77.6 cm³/mol. The molecule has 1 aromatic rings. The van der Waals surface area contributed by atoms with Gasteiger partial charge in [0.1, 0.15) is 5.75 Å². The Morgan fingerprint density at radius 1 is 1.26 bits per heavy atom. The lowest BCUT2D eigenvalue weighted by molar-refractivity contribution is 0.146. The number of nitrogens with one attached hydrogen (secondary N) is 1. The summed E-state index contributed by atoms with van der Waals surface area (Å²) in [6.45, 7) is 6.58. The summed E-state index contributed by atoms with van der Waals surface area (Å²) < 4.78 is 5.78. The molecule has 0 spiro atoms. The average Bonchev–Trinajstić information content (AvgIpc) is 2.72. The van der Waals surface area contributed by atoms with Crippen LogP contribution in [0.1, 0.15) is 37.8 Å². The van der Waals surface area contributed by atoms with Gasteiger partial charge in [0.25, 0.3) is 0 Å². The van der Waals surface area contributed by atoms with Gasteiger partial charge in [0.15, 0.2) is 0 Å². The average molecular weight is 260 g/mol.